The fourth-order valence-corrected chi connectivity index (χ4v) is 2.89. The molecule has 0 aliphatic carbocycles. The van der Waals surface area contributed by atoms with Crippen LogP contribution in [0.1, 0.15) is 32.3 Å². The predicted octanol–water partition coefficient (Wildman–Crippen LogP) is 4.21. The average Bonchev–Trinajstić information content (AvgIpc) is 3.09. The first-order chi connectivity index (χ1) is 11.7. The summed E-state index contributed by atoms with van der Waals surface area (Å²) in [4.78, 5) is 6.79. The summed E-state index contributed by atoms with van der Waals surface area (Å²) in [7, 11) is 0. The summed E-state index contributed by atoms with van der Waals surface area (Å²) in [6.07, 6.45) is 5.75. The zero-order chi connectivity index (χ0) is 16.9. The maximum absolute atomic E-state index is 7.61. The summed E-state index contributed by atoms with van der Waals surface area (Å²) in [5.74, 6) is 1.80. The van der Waals surface area contributed by atoms with Crippen molar-refractivity contribution in [3.63, 3.8) is 0 Å². The van der Waals surface area contributed by atoms with Crippen LogP contribution in [0, 0.1) is 5.41 Å². The van der Waals surface area contributed by atoms with E-state index in [9.17, 15) is 0 Å². The van der Waals surface area contributed by atoms with Crippen LogP contribution in [0.4, 0.5) is 17.2 Å². The fourth-order valence-electron chi connectivity index (χ4n) is 2.89. The van der Waals surface area contributed by atoms with Gasteiger partial charge in [0.1, 0.15) is 11.6 Å². The molecule has 2 heterocycles. The van der Waals surface area contributed by atoms with Crippen molar-refractivity contribution in [1.82, 2.24) is 4.98 Å². The Labute approximate surface area is 143 Å². The van der Waals surface area contributed by atoms with E-state index in [0.717, 1.165) is 41.6 Å². The van der Waals surface area contributed by atoms with Crippen LogP contribution in [0.15, 0.2) is 36.5 Å². The second-order valence-electron chi connectivity index (χ2n) is 6.28. The average molecular weight is 324 g/mol. The van der Waals surface area contributed by atoms with Gasteiger partial charge >= 0.3 is 0 Å². The van der Waals surface area contributed by atoms with E-state index in [4.69, 9.17) is 10.1 Å². The Balaban J connectivity index is 1.84. The smallest absolute Gasteiger partial charge is 0.130 e. The van der Waals surface area contributed by atoms with Gasteiger partial charge in [-0.15, -0.1) is 0 Å². The SMILES string of the molecule is CC(C)Oc1ccc(C=N)c(Nc2ccnc(N3CCCC3)c2)c1. The van der Waals surface area contributed by atoms with Gasteiger partial charge < -0.3 is 20.4 Å². The molecule has 0 atom stereocenters. The van der Waals surface area contributed by atoms with Crippen LogP contribution in [0.25, 0.3) is 0 Å². The lowest BCUT2D eigenvalue weighted by molar-refractivity contribution is 0.242. The van der Waals surface area contributed by atoms with Gasteiger partial charge in [0.05, 0.1) is 11.8 Å². The number of pyridine rings is 1. The highest BCUT2D eigenvalue weighted by atomic mass is 16.5. The molecular weight excluding hydrogens is 300 g/mol. The van der Waals surface area contributed by atoms with Gasteiger partial charge in [0.15, 0.2) is 0 Å². The van der Waals surface area contributed by atoms with E-state index >= 15 is 0 Å². The summed E-state index contributed by atoms with van der Waals surface area (Å²) in [6.45, 7) is 6.14. The number of aromatic nitrogens is 1. The third-order valence-corrected chi connectivity index (χ3v) is 4.01. The molecule has 0 unspecified atom stereocenters. The topological polar surface area (TPSA) is 61.2 Å². The van der Waals surface area contributed by atoms with Crippen LogP contribution in [0.3, 0.4) is 0 Å². The summed E-state index contributed by atoms with van der Waals surface area (Å²) >= 11 is 0. The summed E-state index contributed by atoms with van der Waals surface area (Å²) in [5, 5.41) is 11.0. The number of ether oxygens (including phenoxy) is 1. The van der Waals surface area contributed by atoms with E-state index in [1.54, 1.807) is 0 Å². The van der Waals surface area contributed by atoms with Gasteiger partial charge in [-0.25, -0.2) is 4.98 Å². The molecule has 1 saturated heterocycles. The molecule has 1 aliphatic heterocycles. The Morgan fingerprint density at radius 1 is 1.21 bits per heavy atom. The van der Waals surface area contributed by atoms with E-state index in [1.807, 2.05) is 44.3 Å². The number of nitrogens with one attached hydrogen (secondary N) is 2. The largest absolute Gasteiger partial charge is 0.491 e. The Bertz CT molecular complexity index is 708. The molecule has 0 bridgehead atoms. The van der Waals surface area contributed by atoms with Crippen molar-refractivity contribution in [3.05, 3.63) is 42.1 Å². The zero-order valence-corrected chi connectivity index (χ0v) is 14.2. The lowest BCUT2D eigenvalue weighted by atomic mass is 10.1. The Kier molecular flexibility index (Phi) is 4.99. The third kappa shape index (κ3) is 3.85. The number of nitrogens with zero attached hydrogens (tertiary/aromatic N) is 2. The first-order valence-corrected chi connectivity index (χ1v) is 8.45. The zero-order valence-electron chi connectivity index (χ0n) is 14.2. The van der Waals surface area contributed by atoms with Gasteiger partial charge in [-0.05, 0) is 44.9 Å². The normalized spacial score (nSPS) is 14.0. The molecule has 0 radical (unpaired) electrons. The highest BCUT2D eigenvalue weighted by molar-refractivity contribution is 5.88. The standard InChI is InChI=1S/C19H24N4O/c1-14(2)24-17-6-5-15(13-20)18(12-17)22-16-7-8-21-19(11-16)23-9-3-4-10-23/h5-8,11-14,20H,3-4,9-10H2,1-2H3,(H,21,22). The molecule has 0 spiro atoms. The molecule has 2 aromatic rings. The molecule has 5 nitrogen and oxygen atoms in total. The number of benzene rings is 1. The van der Waals surface area contributed by atoms with Crippen molar-refractivity contribution >= 4 is 23.4 Å². The van der Waals surface area contributed by atoms with Gasteiger partial charge in [-0.3, -0.25) is 0 Å². The van der Waals surface area contributed by atoms with Crippen molar-refractivity contribution in [2.45, 2.75) is 32.8 Å². The lowest BCUT2D eigenvalue weighted by Gasteiger charge is -2.18. The quantitative estimate of drug-likeness (QED) is 0.781. The Morgan fingerprint density at radius 3 is 2.71 bits per heavy atom. The molecule has 126 valence electrons. The maximum atomic E-state index is 7.61. The minimum Gasteiger partial charge on any atom is -0.491 e. The molecule has 1 aliphatic rings. The molecule has 2 N–H and O–H groups in total. The van der Waals surface area contributed by atoms with Gasteiger partial charge in [0, 0.05) is 48.9 Å². The molecule has 3 rings (SSSR count). The van der Waals surface area contributed by atoms with Crippen LogP contribution < -0.4 is 15.0 Å². The lowest BCUT2D eigenvalue weighted by Crippen LogP contribution is -2.18. The number of hydrogen-bond donors (Lipinski definition) is 2. The van der Waals surface area contributed by atoms with Gasteiger partial charge in [-0.2, -0.15) is 0 Å². The molecule has 1 aromatic carbocycles. The maximum Gasteiger partial charge on any atom is 0.130 e. The van der Waals surface area contributed by atoms with Crippen LogP contribution in [-0.2, 0) is 0 Å². The molecule has 0 saturated carbocycles. The molecule has 5 heteroatoms. The van der Waals surface area contributed by atoms with E-state index in [1.165, 1.54) is 19.1 Å². The highest BCUT2D eigenvalue weighted by Gasteiger charge is 2.14. The van der Waals surface area contributed by atoms with Crippen LogP contribution in [-0.4, -0.2) is 30.4 Å². The van der Waals surface area contributed by atoms with Crippen molar-refractivity contribution in [1.29, 1.82) is 5.41 Å². The molecular formula is C19H24N4O. The van der Waals surface area contributed by atoms with Crippen LogP contribution in [0.2, 0.25) is 0 Å². The minimum atomic E-state index is 0.117. The minimum absolute atomic E-state index is 0.117. The second kappa shape index (κ2) is 7.34. The number of rotatable bonds is 6. The van der Waals surface area contributed by atoms with Crippen molar-refractivity contribution < 1.29 is 4.74 Å². The third-order valence-electron chi connectivity index (χ3n) is 4.01. The van der Waals surface area contributed by atoms with E-state index in [2.05, 4.69) is 21.3 Å². The van der Waals surface area contributed by atoms with Crippen molar-refractivity contribution in [3.8, 4) is 5.75 Å². The predicted molar refractivity (Wildman–Crippen MR) is 99.1 cm³/mol. The number of hydrogen-bond acceptors (Lipinski definition) is 5. The van der Waals surface area contributed by atoms with Crippen LogP contribution in [0.5, 0.6) is 5.75 Å². The Morgan fingerprint density at radius 2 is 2.00 bits per heavy atom. The highest BCUT2D eigenvalue weighted by Crippen LogP contribution is 2.27. The number of anilines is 3. The molecule has 24 heavy (non-hydrogen) atoms. The van der Waals surface area contributed by atoms with Crippen LogP contribution >= 0.6 is 0 Å². The fraction of sp³-hybridized carbons (Fsp3) is 0.368. The van der Waals surface area contributed by atoms with Gasteiger partial charge in [-0.1, -0.05) is 0 Å². The van der Waals surface area contributed by atoms with Crippen molar-refractivity contribution in [2.75, 3.05) is 23.3 Å². The monoisotopic (exact) mass is 324 g/mol. The first-order valence-electron chi connectivity index (χ1n) is 8.45. The Hall–Kier alpha value is -2.56. The van der Waals surface area contributed by atoms with E-state index in [0.29, 0.717) is 0 Å². The van der Waals surface area contributed by atoms with E-state index in [-0.39, 0.29) is 6.10 Å². The summed E-state index contributed by atoms with van der Waals surface area (Å²) in [6, 6.07) is 9.75. The summed E-state index contributed by atoms with van der Waals surface area (Å²) in [5.41, 5.74) is 2.66. The first kappa shape index (κ1) is 16.3. The molecule has 1 fully saturated rings. The second-order valence-corrected chi connectivity index (χ2v) is 6.28. The van der Waals surface area contributed by atoms with E-state index < -0.39 is 0 Å². The van der Waals surface area contributed by atoms with Crippen molar-refractivity contribution in [2.24, 2.45) is 0 Å². The van der Waals surface area contributed by atoms with Gasteiger partial charge in [0.2, 0.25) is 0 Å². The molecule has 0 amide bonds. The summed E-state index contributed by atoms with van der Waals surface area (Å²) < 4.78 is 5.76. The molecule has 1 aromatic heterocycles. The van der Waals surface area contributed by atoms with Gasteiger partial charge in [0.25, 0.3) is 0 Å².